The lowest BCUT2D eigenvalue weighted by Gasteiger charge is -2.23. The van der Waals surface area contributed by atoms with Crippen molar-refractivity contribution in [3.8, 4) is 11.5 Å². The number of hydrogen-bond donors (Lipinski definition) is 1. The average molecular weight is 419 g/mol. The minimum Gasteiger partial charge on any atom is -0.493 e. The van der Waals surface area contributed by atoms with Gasteiger partial charge in [-0.2, -0.15) is 0 Å². The Labute approximate surface area is 181 Å². The van der Waals surface area contributed by atoms with Crippen molar-refractivity contribution >= 4 is 11.8 Å². The summed E-state index contributed by atoms with van der Waals surface area (Å²) in [5, 5.41) is 0. The topological polar surface area (TPSA) is 77.6 Å². The highest BCUT2D eigenvalue weighted by atomic mass is 16.5. The largest absolute Gasteiger partial charge is 0.493 e. The fourth-order valence-electron chi connectivity index (χ4n) is 4.18. The number of esters is 1. The summed E-state index contributed by atoms with van der Waals surface area (Å²) in [6.07, 6.45) is 1.00. The molecule has 0 saturated carbocycles. The number of carbonyl (C=O) groups is 2. The van der Waals surface area contributed by atoms with E-state index in [-0.39, 0.29) is 18.3 Å². The maximum atomic E-state index is 13.0. The van der Waals surface area contributed by atoms with E-state index in [0.29, 0.717) is 41.2 Å². The summed E-state index contributed by atoms with van der Waals surface area (Å²) in [6, 6.07) is 15.2. The van der Waals surface area contributed by atoms with E-state index in [4.69, 9.17) is 14.2 Å². The Bertz CT molecular complexity index is 1120. The van der Waals surface area contributed by atoms with Crippen molar-refractivity contribution in [3.63, 3.8) is 0 Å². The van der Waals surface area contributed by atoms with Crippen LogP contribution in [0.3, 0.4) is 0 Å². The van der Waals surface area contributed by atoms with Gasteiger partial charge in [0.25, 0.3) is 0 Å². The number of aromatic nitrogens is 1. The molecule has 1 atom stereocenters. The van der Waals surface area contributed by atoms with E-state index in [0.717, 1.165) is 16.8 Å². The minimum absolute atomic E-state index is 0.00829. The molecular weight excluding hydrogens is 394 g/mol. The fraction of sp³-hybridized carbons (Fsp3) is 0.280. The third kappa shape index (κ3) is 4.06. The Morgan fingerprint density at radius 1 is 1.03 bits per heavy atom. The smallest absolute Gasteiger partial charge is 0.355 e. The number of hydrogen-bond acceptors (Lipinski definition) is 5. The van der Waals surface area contributed by atoms with Crippen molar-refractivity contribution in [1.29, 1.82) is 0 Å². The molecule has 0 spiro atoms. The van der Waals surface area contributed by atoms with Gasteiger partial charge in [0, 0.05) is 17.7 Å². The van der Waals surface area contributed by atoms with Crippen LogP contribution in [0.15, 0.2) is 48.5 Å². The number of benzene rings is 2. The molecule has 0 saturated heterocycles. The maximum Gasteiger partial charge on any atom is 0.355 e. The van der Waals surface area contributed by atoms with Crippen LogP contribution in [0.1, 0.15) is 55.6 Å². The lowest BCUT2D eigenvalue weighted by molar-refractivity contribution is 0.0465. The summed E-state index contributed by atoms with van der Waals surface area (Å²) >= 11 is 0. The van der Waals surface area contributed by atoms with Crippen LogP contribution < -0.4 is 9.47 Å². The van der Waals surface area contributed by atoms with Crippen LogP contribution in [0, 0.1) is 6.92 Å². The second kappa shape index (κ2) is 8.68. The number of ether oxygens (including phenoxy) is 3. The predicted octanol–water partition coefficient (Wildman–Crippen LogP) is 4.61. The maximum absolute atomic E-state index is 13.0. The van der Waals surface area contributed by atoms with Gasteiger partial charge in [0.1, 0.15) is 12.3 Å². The average Bonchev–Trinajstić information content (AvgIpc) is 3.14. The molecule has 0 aliphatic heterocycles. The first-order valence-electron chi connectivity index (χ1n) is 10.2. The molecule has 1 heterocycles. The van der Waals surface area contributed by atoms with Crippen molar-refractivity contribution in [2.24, 2.45) is 0 Å². The van der Waals surface area contributed by atoms with Gasteiger partial charge in [-0.15, -0.1) is 0 Å². The van der Waals surface area contributed by atoms with Gasteiger partial charge in [0.15, 0.2) is 17.3 Å². The molecule has 4 rings (SSSR count). The molecule has 160 valence electrons. The Morgan fingerprint density at radius 3 is 2.48 bits per heavy atom. The zero-order chi connectivity index (χ0) is 22.0. The summed E-state index contributed by atoms with van der Waals surface area (Å²) in [6.45, 7) is 1.98. The molecule has 1 unspecified atom stereocenters. The monoisotopic (exact) mass is 419 g/mol. The third-order valence-corrected chi connectivity index (χ3v) is 5.78. The molecule has 1 aliphatic carbocycles. The molecule has 31 heavy (non-hydrogen) atoms. The third-order valence-electron chi connectivity index (χ3n) is 5.78. The lowest BCUT2D eigenvalue weighted by Crippen LogP contribution is -2.18. The fourth-order valence-corrected chi connectivity index (χ4v) is 4.18. The second-order valence-corrected chi connectivity index (χ2v) is 7.68. The van der Waals surface area contributed by atoms with E-state index in [1.54, 1.807) is 21.1 Å². The Balaban J connectivity index is 1.56. The number of H-pyrrole nitrogens is 1. The predicted molar refractivity (Wildman–Crippen MR) is 116 cm³/mol. The number of rotatable bonds is 6. The van der Waals surface area contributed by atoms with Gasteiger partial charge in [0.05, 0.1) is 14.2 Å². The van der Waals surface area contributed by atoms with Crippen LogP contribution in [-0.2, 0) is 17.8 Å². The molecule has 2 aromatic carbocycles. The van der Waals surface area contributed by atoms with Crippen LogP contribution in [0.4, 0.5) is 0 Å². The van der Waals surface area contributed by atoms with Gasteiger partial charge in [0.2, 0.25) is 0 Å². The highest BCUT2D eigenvalue weighted by Crippen LogP contribution is 2.38. The molecule has 0 radical (unpaired) electrons. The van der Waals surface area contributed by atoms with Crippen LogP contribution in [0.5, 0.6) is 11.5 Å². The number of nitrogens with one attached hydrogen (secondary N) is 1. The molecule has 1 aromatic heterocycles. The first-order chi connectivity index (χ1) is 15.0. The van der Waals surface area contributed by atoms with E-state index in [1.165, 1.54) is 0 Å². The van der Waals surface area contributed by atoms with Crippen molar-refractivity contribution < 1.29 is 23.8 Å². The molecule has 0 amide bonds. The zero-order valence-electron chi connectivity index (χ0n) is 17.9. The second-order valence-electron chi connectivity index (χ2n) is 7.68. The molecule has 3 aromatic rings. The van der Waals surface area contributed by atoms with Gasteiger partial charge in [-0.05, 0) is 48.1 Å². The van der Waals surface area contributed by atoms with Crippen LogP contribution in [0.25, 0.3) is 0 Å². The summed E-state index contributed by atoms with van der Waals surface area (Å²) in [5.74, 6) is 0.841. The van der Waals surface area contributed by atoms with E-state index in [1.807, 2.05) is 48.5 Å². The van der Waals surface area contributed by atoms with Gasteiger partial charge in [-0.3, -0.25) is 4.79 Å². The Morgan fingerprint density at radius 2 is 1.77 bits per heavy atom. The molecule has 0 fully saturated rings. The number of aromatic amines is 1. The molecule has 1 aliphatic rings. The lowest BCUT2D eigenvalue weighted by atomic mass is 9.81. The van der Waals surface area contributed by atoms with Crippen LogP contribution >= 0.6 is 0 Å². The normalized spacial score (nSPS) is 15.3. The van der Waals surface area contributed by atoms with Crippen LogP contribution in [-0.4, -0.2) is 31.0 Å². The van der Waals surface area contributed by atoms with Gasteiger partial charge < -0.3 is 19.2 Å². The first-order valence-corrected chi connectivity index (χ1v) is 10.2. The van der Waals surface area contributed by atoms with Gasteiger partial charge in [-0.1, -0.05) is 36.4 Å². The highest BCUT2D eigenvalue weighted by Gasteiger charge is 2.32. The van der Waals surface area contributed by atoms with E-state index in [2.05, 4.69) is 4.98 Å². The van der Waals surface area contributed by atoms with E-state index < -0.39 is 5.97 Å². The first kappa shape index (κ1) is 20.7. The summed E-state index contributed by atoms with van der Waals surface area (Å²) in [4.78, 5) is 28.8. The zero-order valence-corrected chi connectivity index (χ0v) is 17.9. The van der Waals surface area contributed by atoms with E-state index in [9.17, 15) is 9.59 Å². The number of carbonyl (C=O) groups excluding carboxylic acids is 2. The standard InChI is InChI=1S/C25H25NO5/c1-15-23-19(26-24(15)25(28)31-14-16-7-5-4-6-8-16)11-18(12-20(23)27)17-9-10-21(29-2)22(13-17)30-3/h4-10,13,18,26H,11-12,14H2,1-3H3. The molecule has 6 nitrogen and oxygen atoms in total. The van der Waals surface area contributed by atoms with E-state index >= 15 is 0 Å². The SMILES string of the molecule is COc1ccc(C2CC(=O)c3c([nH]c(C(=O)OCc4ccccc4)c3C)C2)cc1OC. The Hall–Kier alpha value is -3.54. The molecule has 1 N–H and O–H groups in total. The molecular formula is C25H25NO5. The number of fused-ring (bicyclic) bond motifs is 1. The molecule has 6 heteroatoms. The Kier molecular flexibility index (Phi) is 5.80. The van der Waals surface area contributed by atoms with Crippen LogP contribution in [0.2, 0.25) is 0 Å². The van der Waals surface area contributed by atoms with Crippen molar-refractivity contribution in [2.45, 2.75) is 32.3 Å². The van der Waals surface area contributed by atoms with Gasteiger partial charge >= 0.3 is 5.97 Å². The highest BCUT2D eigenvalue weighted by molar-refractivity contribution is 6.03. The number of ketones is 1. The number of methoxy groups -OCH3 is 2. The number of Topliss-reactive ketones (excluding diaryl/α,β-unsaturated/α-hetero) is 1. The van der Waals surface area contributed by atoms with Gasteiger partial charge in [-0.25, -0.2) is 4.79 Å². The minimum atomic E-state index is -0.453. The van der Waals surface area contributed by atoms with Crippen molar-refractivity contribution in [3.05, 3.63) is 82.2 Å². The summed E-state index contributed by atoms with van der Waals surface area (Å²) in [5.41, 5.74) is 4.31. The van der Waals surface area contributed by atoms with Crippen molar-refractivity contribution in [1.82, 2.24) is 4.98 Å². The molecule has 0 bridgehead atoms. The summed E-state index contributed by atoms with van der Waals surface area (Å²) in [7, 11) is 3.18. The summed E-state index contributed by atoms with van der Waals surface area (Å²) < 4.78 is 16.2. The quantitative estimate of drug-likeness (QED) is 0.591. The van der Waals surface area contributed by atoms with Crippen molar-refractivity contribution in [2.75, 3.05) is 14.2 Å².